The third-order valence-corrected chi connectivity index (χ3v) is 8.99. The number of aromatic nitrogens is 1. The summed E-state index contributed by atoms with van der Waals surface area (Å²) in [5.41, 5.74) is 3.80. The van der Waals surface area contributed by atoms with Gasteiger partial charge in [0.15, 0.2) is 0 Å². The van der Waals surface area contributed by atoms with E-state index in [1.54, 1.807) is 0 Å². The van der Waals surface area contributed by atoms with Crippen molar-refractivity contribution in [2.45, 2.75) is 0 Å². The van der Waals surface area contributed by atoms with Crippen LogP contribution >= 0.6 is 15.9 Å². The predicted octanol–water partition coefficient (Wildman–Crippen LogP) is 6.91. The normalized spacial score (nSPS) is 11.9. The molecule has 0 aliphatic carbocycles. The zero-order valence-corrected chi connectivity index (χ0v) is 17.6. The molecule has 0 saturated carbocycles. The fraction of sp³-hybridized carbons (Fsp3) is 0. The molecule has 0 aliphatic heterocycles. The molecule has 0 fully saturated rings. The van der Waals surface area contributed by atoms with Gasteiger partial charge in [-0.05, 0) is 0 Å². The van der Waals surface area contributed by atoms with Gasteiger partial charge in [0.2, 0.25) is 0 Å². The second-order valence-corrected chi connectivity index (χ2v) is 9.81. The number of benzene rings is 4. The van der Waals surface area contributed by atoms with Crippen molar-refractivity contribution in [1.29, 1.82) is 0 Å². The number of hydrogen-bond acceptors (Lipinski definition) is 0. The van der Waals surface area contributed by atoms with E-state index >= 15 is 0 Å². The molecule has 2 aromatic heterocycles. The number of fused-ring (bicyclic) bond motifs is 7. The fourth-order valence-corrected chi connectivity index (χ4v) is 7.32. The minimum absolute atomic E-state index is 0.330. The van der Waals surface area contributed by atoms with Crippen LogP contribution in [0.4, 0.5) is 0 Å². The molecule has 6 aromatic rings. The molecule has 0 aliphatic rings. The van der Waals surface area contributed by atoms with Crippen molar-refractivity contribution < 1.29 is 0 Å². The number of para-hydroxylation sites is 2. The minimum atomic E-state index is 0.330. The van der Waals surface area contributed by atoms with Gasteiger partial charge < -0.3 is 0 Å². The average molecular weight is 475 g/mol. The molecular formula is C24H14BrNSe. The van der Waals surface area contributed by atoms with Gasteiger partial charge in [0, 0.05) is 0 Å². The summed E-state index contributed by atoms with van der Waals surface area (Å²) in [6.07, 6.45) is 0. The van der Waals surface area contributed by atoms with Crippen molar-refractivity contribution in [1.82, 2.24) is 4.57 Å². The van der Waals surface area contributed by atoms with Crippen molar-refractivity contribution in [2.75, 3.05) is 0 Å². The molecule has 2 heterocycles. The molecule has 0 unspecified atom stereocenters. The molecule has 0 spiro atoms. The first-order valence-electron chi connectivity index (χ1n) is 8.91. The average Bonchev–Trinajstić information content (AvgIpc) is 3.25. The summed E-state index contributed by atoms with van der Waals surface area (Å²) in [4.78, 5) is 0. The third-order valence-electron chi connectivity index (χ3n) is 5.25. The zero-order chi connectivity index (χ0) is 18.0. The van der Waals surface area contributed by atoms with Crippen molar-refractivity contribution in [3.05, 3.63) is 89.4 Å². The van der Waals surface area contributed by atoms with Gasteiger partial charge in [-0.25, -0.2) is 0 Å². The molecule has 27 heavy (non-hydrogen) atoms. The fourth-order valence-electron chi connectivity index (χ4n) is 4.14. The molecule has 6 rings (SSSR count). The van der Waals surface area contributed by atoms with Gasteiger partial charge in [-0.15, -0.1) is 0 Å². The van der Waals surface area contributed by atoms with Crippen LogP contribution in [0.1, 0.15) is 0 Å². The van der Waals surface area contributed by atoms with E-state index in [-0.39, 0.29) is 0 Å². The van der Waals surface area contributed by atoms with Gasteiger partial charge in [-0.2, -0.15) is 0 Å². The summed E-state index contributed by atoms with van der Waals surface area (Å²) in [6.45, 7) is 0. The molecule has 3 heteroatoms. The van der Waals surface area contributed by atoms with Crippen molar-refractivity contribution in [2.24, 2.45) is 0 Å². The quantitative estimate of drug-likeness (QED) is 0.228. The van der Waals surface area contributed by atoms with Crippen LogP contribution in [0.5, 0.6) is 0 Å². The zero-order valence-electron chi connectivity index (χ0n) is 14.3. The standard InChI is InChI=1S/C24H14BrNSe/c25-19-14-18-16-10-4-6-12-20(16)26(15-8-2-1-3-9-15)23(18)22-17-11-5-7-13-21(17)27-24(19)22/h1-14H. The van der Waals surface area contributed by atoms with Crippen LogP contribution in [0.3, 0.4) is 0 Å². The molecular weight excluding hydrogens is 461 g/mol. The van der Waals surface area contributed by atoms with E-state index < -0.39 is 0 Å². The Labute approximate surface area is 170 Å². The Bertz CT molecular complexity index is 1470. The molecule has 4 aromatic carbocycles. The number of halogens is 1. The first kappa shape index (κ1) is 15.7. The maximum absolute atomic E-state index is 3.88. The van der Waals surface area contributed by atoms with E-state index in [9.17, 15) is 0 Å². The summed E-state index contributed by atoms with van der Waals surface area (Å²) in [6, 6.07) is 30.7. The molecule has 1 nitrogen and oxygen atoms in total. The van der Waals surface area contributed by atoms with Gasteiger partial charge in [-0.1, -0.05) is 0 Å². The summed E-state index contributed by atoms with van der Waals surface area (Å²) in [5, 5.41) is 5.40. The van der Waals surface area contributed by atoms with Gasteiger partial charge in [0.25, 0.3) is 0 Å². The van der Waals surface area contributed by atoms with Crippen molar-refractivity contribution >= 4 is 71.5 Å². The van der Waals surface area contributed by atoms with Crippen LogP contribution in [-0.2, 0) is 0 Å². The summed E-state index contributed by atoms with van der Waals surface area (Å²) in [7, 11) is 0. The monoisotopic (exact) mass is 475 g/mol. The van der Waals surface area contributed by atoms with Gasteiger partial charge >= 0.3 is 171 Å². The predicted molar refractivity (Wildman–Crippen MR) is 120 cm³/mol. The second kappa shape index (κ2) is 5.84. The van der Waals surface area contributed by atoms with Crippen LogP contribution in [0, 0.1) is 0 Å². The Morgan fingerprint density at radius 2 is 1.41 bits per heavy atom. The van der Waals surface area contributed by atoms with Gasteiger partial charge in [0.05, 0.1) is 0 Å². The van der Waals surface area contributed by atoms with Crippen molar-refractivity contribution in [3.8, 4) is 5.69 Å². The second-order valence-electron chi connectivity index (χ2n) is 6.75. The van der Waals surface area contributed by atoms with E-state index in [0.29, 0.717) is 14.5 Å². The van der Waals surface area contributed by atoms with Crippen LogP contribution in [-0.4, -0.2) is 19.1 Å². The van der Waals surface area contributed by atoms with Crippen LogP contribution < -0.4 is 0 Å². The van der Waals surface area contributed by atoms with E-state index in [1.807, 2.05) is 0 Å². The van der Waals surface area contributed by atoms with Crippen LogP contribution in [0.15, 0.2) is 89.4 Å². The first-order chi connectivity index (χ1) is 13.3. The van der Waals surface area contributed by atoms with E-state index in [4.69, 9.17) is 0 Å². The van der Waals surface area contributed by atoms with Crippen molar-refractivity contribution in [3.63, 3.8) is 0 Å². The van der Waals surface area contributed by atoms with E-state index in [2.05, 4.69) is 105 Å². The summed E-state index contributed by atoms with van der Waals surface area (Å²) < 4.78 is 6.60. The number of rotatable bonds is 1. The first-order valence-corrected chi connectivity index (χ1v) is 11.4. The molecule has 0 N–H and O–H groups in total. The topological polar surface area (TPSA) is 4.93 Å². The maximum atomic E-state index is 3.88. The Morgan fingerprint density at radius 1 is 0.704 bits per heavy atom. The number of hydrogen-bond donors (Lipinski definition) is 0. The molecule has 0 bridgehead atoms. The Morgan fingerprint density at radius 3 is 2.26 bits per heavy atom. The Balaban J connectivity index is 1.98. The van der Waals surface area contributed by atoms with Crippen LogP contribution in [0.2, 0.25) is 0 Å². The SMILES string of the molecule is Brc1cc2c3ccccc3n(-c3ccccc3)c2c2c1[se]c1ccccc12. The molecule has 0 saturated heterocycles. The number of nitrogens with zero attached hydrogens (tertiary/aromatic N) is 1. The Hall–Kier alpha value is -2.32. The molecule has 128 valence electrons. The third kappa shape index (κ3) is 2.17. The van der Waals surface area contributed by atoms with Gasteiger partial charge in [0.1, 0.15) is 0 Å². The molecule has 0 amide bonds. The molecule has 0 atom stereocenters. The van der Waals surface area contributed by atoms with E-state index in [1.165, 1.54) is 51.3 Å². The van der Waals surface area contributed by atoms with E-state index in [0.717, 1.165) is 0 Å². The summed E-state index contributed by atoms with van der Waals surface area (Å²) in [5.74, 6) is 0. The summed E-state index contributed by atoms with van der Waals surface area (Å²) >= 11 is 4.22. The molecule has 0 radical (unpaired) electrons. The van der Waals surface area contributed by atoms with Gasteiger partial charge in [-0.3, -0.25) is 0 Å². The Kier molecular flexibility index (Phi) is 3.40. The van der Waals surface area contributed by atoms with Crippen LogP contribution in [0.25, 0.3) is 46.8 Å².